The predicted molar refractivity (Wildman–Crippen MR) is 71.0 cm³/mol. The van der Waals surface area contributed by atoms with Gasteiger partial charge in [0.05, 0.1) is 0 Å². The third kappa shape index (κ3) is 7.06. The zero-order valence-corrected chi connectivity index (χ0v) is 11.2. The highest BCUT2D eigenvalue weighted by Gasteiger charge is 2.20. The molecular formula is C13H24N2O3. The largest absolute Gasteiger partial charge is 0.480 e. The Hall–Kier alpha value is -1.36. The first-order valence-corrected chi connectivity index (χ1v) is 6.23. The summed E-state index contributed by atoms with van der Waals surface area (Å²) in [7, 11) is 0. The standard InChI is InChI=1S/C13H24N2O3/c1-4-5-11(13(17)18)15-12(16)7-10(8-14)6-9(2)3/h4,9-11H,1,5-8,14H2,2-3H3,(H,15,16)(H,17,18)/t10-,11?/m0/s1. The summed E-state index contributed by atoms with van der Waals surface area (Å²) in [5.74, 6) is -0.741. The van der Waals surface area contributed by atoms with Gasteiger partial charge in [0, 0.05) is 6.42 Å². The first-order chi connectivity index (χ1) is 8.40. The molecule has 0 saturated carbocycles. The number of carboxylic acids is 1. The average molecular weight is 256 g/mol. The van der Waals surface area contributed by atoms with Gasteiger partial charge in [0.15, 0.2) is 0 Å². The smallest absolute Gasteiger partial charge is 0.326 e. The van der Waals surface area contributed by atoms with Crippen molar-refractivity contribution in [3.05, 3.63) is 12.7 Å². The molecule has 4 N–H and O–H groups in total. The van der Waals surface area contributed by atoms with Gasteiger partial charge < -0.3 is 16.2 Å². The topological polar surface area (TPSA) is 92.4 Å². The van der Waals surface area contributed by atoms with Crippen molar-refractivity contribution < 1.29 is 14.7 Å². The van der Waals surface area contributed by atoms with E-state index in [-0.39, 0.29) is 24.7 Å². The van der Waals surface area contributed by atoms with Crippen LogP contribution in [0.5, 0.6) is 0 Å². The van der Waals surface area contributed by atoms with Gasteiger partial charge in [-0.25, -0.2) is 4.79 Å². The molecule has 5 nitrogen and oxygen atoms in total. The van der Waals surface area contributed by atoms with Crippen LogP contribution in [-0.2, 0) is 9.59 Å². The summed E-state index contributed by atoms with van der Waals surface area (Å²) in [5, 5.41) is 11.4. The first-order valence-electron chi connectivity index (χ1n) is 6.23. The summed E-state index contributed by atoms with van der Waals surface area (Å²) in [6.07, 6.45) is 2.84. The van der Waals surface area contributed by atoms with Crippen LogP contribution >= 0.6 is 0 Å². The van der Waals surface area contributed by atoms with Crippen molar-refractivity contribution in [3.63, 3.8) is 0 Å². The van der Waals surface area contributed by atoms with Crippen LogP contribution in [0.2, 0.25) is 0 Å². The molecule has 5 heteroatoms. The molecule has 0 rings (SSSR count). The number of carbonyl (C=O) groups is 2. The molecule has 0 aliphatic heterocycles. The fourth-order valence-corrected chi connectivity index (χ4v) is 1.83. The van der Waals surface area contributed by atoms with Gasteiger partial charge in [0.1, 0.15) is 6.04 Å². The molecule has 0 aromatic carbocycles. The van der Waals surface area contributed by atoms with E-state index < -0.39 is 12.0 Å². The molecule has 1 unspecified atom stereocenters. The van der Waals surface area contributed by atoms with Gasteiger partial charge in [-0.1, -0.05) is 19.9 Å². The summed E-state index contributed by atoms with van der Waals surface area (Å²) < 4.78 is 0. The zero-order chi connectivity index (χ0) is 14.1. The minimum Gasteiger partial charge on any atom is -0.480 e. The minimum absolute atomic E-state index is 0.100. The molecule has 0 radical (unpaired) electrons. The van der Waals surface area contributed by atoms with Crippen molar-refractivity contribution in [2.24, 2.45) is 17.6 Å². The van der Waals surface area contributed by atoms with Crippen molar-refractivity contribution in [1.82, 2.24) is 5.32 Å². The number of hydrogen-bond acceptors (Lipinski definition) is 3. The van der Waals surface area contributed by atoms with E-state index in [0.717, 1.165) is 6.42 Å². The van der Waals surface area contributed by atoms with Crippen LogP contribution in [0.15, 0.2) is 12.7 Å². The molecule has 0 aromatic heterocycles. The van der Waals surface area contributed by atoms with E-state index in [0.29, 0.717) is 12.5 Å². The summed E-state index contributed by atoms with van der Waals surface area (Å²) in [6.45, 7) is 8.04. The van der Waals surface area contributed by atoms with E-state index in [1.165, 1.54) is 6.08 Å². The number of nitrogens with two attached hydrogens (primary N) is 1. The summed E-state index contributed by atoms with van der Waals surface area (Å²) >= 11 is 0. The fourth-order valence-electron chi connectivity index (χ4n) is 1.83. The Balaban J connectivity index is 4.28. The van der Waals surface area contributed by atoms with E-state index in [4.69, 9.17) is 10.8 Å². The van der Waals surface area contributed by atoms with Crippen molar-refractivity contribution in [3.8, 4) is 0 Å². The van der Waals surface area contributed by atoms with E-state index in [1.54, 1.807) is 0 Å². The summed E-state index contributed by atoms with van der Waals surface area (Å²) in [6, 6.07) is -0.896. The minimum atomic E-state index is -1.04. The lowest BCUT2D eigenvalue weighted by Crippen LogP contribution is -2.41. The van der Waals surface area contributed by atoms with Crippen LogP contribution in [0.25, 0.3) is 0 Å². The Kier molecular flexibility index (Phi) is 8.03. The monoisotopic (exact) mass is 256 g/mol. The maximum absolute atomic E-state index is 11.7. The number of hydrogen-bond donors (Lipinski definition) is 3. The number of carboxylic acid groups (broad SMARTS) is 1. The highest BCUT2D eigenvalue weighted by molar-refractivity contribution is 5.83. The number of carbonyl (C=O) groups excluding carboxylic acids is 1. The van der Waals surface area contributed by atoms with Crippen molar-refractivity contribution in [2.75, 3.05) is 6.54 Å². The van der Waals surface area contributed by atoms with E-state index in [1.807, 2.05) is 0 Å². The van der Waals surface area contributed by atoms with Gasteiger partial charge in [-0.15, -0.1) is 6.58 Å². The van der Waals surface area contributed by atoms with Gasteiger partial charge >= 0.3 is 5.97 Å². The van der Waals surface area contributed by atoms with Crippen LogP contribution < -0.4 is 11.1 Å². The molecule has 0 bridgehead atoms. The van der Waals surface area contributed by atoms with Gasteiger partial charge in [-0.2, -0.15) is 0 Å². The third-order valence-electron chi connectivity index (χ3n) is 2.65. The Morgan fingerprint density at radius 2 is 2.06 bits per heavy atom. The van der Waals surface area contributed by atoms with Crippen molar-refractivity contribution in [2.45, 2.75) is 39.2 Å². The highest BCUT2D eigenvalue weighted by Crippen LogP contribution is 2.14. The average Bonchev–Trinajstić information content (AvgIpc) is 2.26. The number of nitrogens with one attached hydrogen (secondary N) is 1. The van der Waals surface area contributed by atoms with Gasteiger partial charge in [0.2, 0.25) is 5.91 Å². The Morgan fingerprint density at radius 1 is 1.44 bits per heavy atom. The molecule has 2 atom stereocenters. The second kappa shape index (κ2) is 8.69. The number of rotatable bonds is 9. The number of aliphatic carboxylic acids is 1. The SMILES string of the molecule is C=CCC(NC(=O)C[C@@H](CN)CC(C)C)C(=O)O. The Morgan fingerprint density at radius 3 is 2.44 bits per heavy atom. The number of amides is 1. The van der Waals surface area contributed by atoms with Crippen LogP contribution in [0.1, 0.15) is 33.1 Å². The first kappa shape index (κ1) is 16.6. The van der Waals surface area contributed by atoms with Crippen LogP contribution in [-0.4, -0.2) is 29.6 Å². The second-order valence-electron chi connectivity index (χ2n) is 4.92. The van der Waals surface area contributed by atoms with Crippen molar-refractivity contribution in [1.29, 1.82) is 0 Å². The van der Waals surface area contributed by atoms with E-state index in [2.05, 4.69) is 25.7 Å². The Bertz CT molecular complexity index is 290. The van der Waals surface area contributed by atoms with Gasteiger partial charge in [0.25, 0.3) is 0 Å². The maximum atomic E-state index is 11.7. The molecule has 0 fully saturated rings. The second-order valence-corrected chi connectivity index (χ2v) is 4.92. The molecule has 1 amide bonds. The molecule has 0 aromatic rings. The molecular weight excluding hydrogens is 232 g/mol. The normalized spacial score (nSPS) is 14.0. The molecule has 0 saturated heterocycles. The highest BCUT2D eigenvalue weighted by atomic mass is 16.4. The molecule has 0 spiro atoms. The van der Waals surface area contributed by atoms with Gasteiger partial charge in [-0.05, 0) is 31.2 Å². The quantitative estimate of drug-likeness (QED) is 0.539. The lowest BCUT2D eigenvalue weighted by atomic mass is 9.94. The fraction of sp³-hybridized carbons (Fsp3) is 0.692. The molecule has 0 aliphatic carbocycles. The molecule has 0 heterocycles. The zero-order valence-electron chi connectivity index (χ0n) is 11.2. The van der Waals surface area contributed by atoms with E-state index in [9.17, 15) is 9.59 Å². The van der Waals surface area contributed by atoms with Crippen LogP contribution in [0.4, 0.5) is 0 Å². The van der Waals surface area contributed by atoms with Crippen LogP contribution in [0.3, 0.4) is 0 Å². The molecule has 18 heavy (non-hydrogen) atoms. The van der Waals surface area contributed by atoms with Gasteiger partial charge in [-0.3, -0.25) is 4.79 Å². The third-order valence-corrected chi connectivity index (χ3v) is 2.65. The van der Waals surface area contributed by atoms with Crippen molar-refractivity contribution >= 4 is 11.9 Å². The lowest BCUT2D eigenvalue weighted by Gasteiger charge is -2.18. The maximum Gasteiger partial charge on any atom is 0.326 e. The van der Waals surface area contributed by atoms with E-state index >= 15 is 0 Å². The molecule has 104 valence electrons. The molecule has 0 aliphatic rings. The Labute approximate surface area is 108 Å². The lowest BCUT2D eigenvalue weighted by molar-refractivity contribution is -0.141. The summed E-state index contributed by atoms with van der Waals surface area (Å²) in [4.78, 5) is 22.6. The van der Waals surface area contributed by atoms with Crippen LogP contribution in [0, 0.1) is 11.8 Å². The summed E-state index contributed by atoms with van der Waals surface area (Å²) in [5.41, 5.74) is 5.61. The predicted octanol–water partition coefficient (Wildman–Crippen LogP) is 1.14.